The molecule has 2 saturated carbocycles. The fourth-order valence-corrected chi connectivity index (χ4v) is 7.95. The monoisotopic (exact) mass is 511 g/mol. The largest absolute Gasteiger partial charge is 0.736 e. The summed E-state index contributed by atoms with van der Waals surface area (Å²) in [7, 11) is -4.66. The maximum Gasteiger partial charge on any atom is 0.372 e. The summed E-state index contributed by atoms with van der Waals surface area (Å²) in [6, 6.07) is 21.0. The average molecular weight is 512 g/mol. The van der Waals surface area contributed by atoms with E-state index in [1.165, 1.54) is 12.8 Å². The van der Waals surface area contributed by atoms with Crippen LogP contribution < -0.4 is 13.9 Å². The first-order valence-corrected chi connectivity index (χ1v) is 15.4. The van der Waals surface area contributed by atoms with Gasteiger partial charge in [-0.15, -0.1) is 0 Å². The van der Waals surface area contributed by atoms with E-state index in [2.05, 4.69) is 48.5 Å². The number of benzene rings is 4. The van der Waals surface area contributed by atoms with Gasteiger partial charge in [-0.25, -0.2) is 4.57 Å². The van der Waals surface area contributed by atoms with Crippen LogP contribution in [0.5, 0.6) is 11.5 Å². The SMILES string of the molecule is O=P1([O-])Oc2c(C3CCCCC3)cc3ccccc3c2-c2c(c(C3CCCCC3)cc3ccccc23)O1. The highest BCUT2D eigenvalue weighted by Crippen LogP contribution is 2.60. The van der Waals surface area contributed by atoms with Crippen LogP contribution in [0.25, 0.3) is 32.7 Å². The normalized spacial score (nSPS) is 20.0. The Morgan fingerprint density at radius 1 is 0.622 bits per heavy atom. The Bertz CT molecular complexity index is 1430. The topological polar surface area (TPSA) is 58.6 Å². The van der Waals surface area contributed by atoms with Crippen LogP contribution in [0.15, 0.2) is 60.7 Å². The predicted molar refractivity (Wildman–Crippen MR) is 147 cm³/mol. The molecule has 2 fully saturated rings. The van der Waals surface area contributed by atoms with Crippen molar-refractivity contribution in [2.24, 2.45) is 0 Å². The second kappa shape index (κ2) is 9.19. The van der Waals surface area contributed by atoms with Gasteiger partial charge in [-0.2, -0.15) is 0 Å². The molecule has 4 aromatic rings. The van der Waals surface area contributed by atoms with E-state index in [9.17, 15) is 9.46 Å². The molecule has 4 aromatic carbocycles. The quantitative estimate of drug-likeness (QED) is 0.252. The molecule has 0 amide bonds. The summed E-state index contributed by atoms with van der Waals surface area (Å²) in [5.74, 6) is 1.52. The van der Waals surface area contributed by atoms with Crippen LogP contribution in [0.3, 0.4) is 0 Å². The van der Waals surface area contributed by atoms with Crippen LogP contribution in [0.2, 0.25) is 0 Å². The van der Waals surface area contributed by atoms with E-state index in [0.29, 0.717) is 11.5 Å². The van der Waals surface area contributed by atoms with Gasteiger partial charge in [-0.1, -0.05) is 87.1 Å². The van der Waals surface area contributed by atoms with Gasteiger partial charge in [0.25, 0.3) is 0 Å². The zero-order valence-corrected chi connectivity index (χ0v) is 22.0. The number of hydrogen-bond donors (Lipinski definition) is 0. The Hall–Kier alpha value is -2.81. The van der Waals surface area contributed by atoms with E-state index in [0.717, 1.165) is 95.2 Å². The summed E-state index contributed by atoms with van der Waals surface area (Å²) < 4.78 is 25.5. The van der Waals surface area contributed by atoms with E-state index in [-0.39, 0.29) is 11.8 Å². The summed E-state index contributed by atoms with van der Waals surface area (Å²) in [5.41, 5.74) is 3.76. The van der Waals surface area contributed by atoms with Crippen LogP contribution in [0.1, 0.15) is 87.2 Å². The molecule has 0 unspecified atom stereocenters. The van der Waals surface area contributed by atoms with E-state index < -0.39 is 7.82 Å². The minimum absolute atomic E-state index is 0.279. The summed E-state index contributed by atoms with van der Waals surface area (Å²) in [6.45, 7) is 0. The first-order valence-electron chi connectivity index (χ1n) is 13.9. The molecule has 37 heavy (non-hydrogen) atoms. The van der Waals surface area contributed by atoms with Crippen molar-refractivity contribution in [1.29, 1.82) is 0 Å². The zero-order valence-electron chi connectivity index (χ0n) is 21.1. The lowest BCUT2D eigenvalue weighted by atomic mass is 9.78. The number of rotatable bonds is 2. The molecule has 0 bridgehead atoms. The molecule has 0 aromatic heterocycles. The first-order chi connectivity index (χ1) is 18.1. The minimum Gasteiger partial charge on any atom is -0.736 e. The fourth-order valence-electron chi connectivity index (χ4n) is 7.07. The third-order valence-corrected chi connectivity index (χ3v) is 9.62. The Labute approximate surface area is 218 Å². The molecule has 0 atom stereocenters. The van der Waals surface area contributed by atoms with Gasteiger partial charge in [0.2, 0.25) is 0 Å². The van der Waals surface area contributed by atoms with Crippen molar-refractivity contribution in [3.63, 3.8) is 0 Å². The predicted octanol–water partition coefficient (Wildman–Crippen LogP) is 8.99. The van der Waals surface area contributed by atoms with Crippen LogP contribution in [-0.4, -0.2) is 0 Å². The number of fused-ring (bicyclic) bond motifs is 7. The van der Waals surface area contributed by atoms with Crippen molar-refractivity contribution in [3.05, 3.63) is 71.8 Å². The Balaban J connectivity index is 1.62. The third kappa shape index (κ3) is 4.06. The van der Waals surface area contributed by atoms with Crippen molar-refractivity contribution in [2.75, 3.05) is 0 Å². The molecule has 0 saturated heterocycles. The number of phosphoric acid groups is 1. The number of hydrogen-bond acceptors (Lipinski definition) is 4. The smallest absolute Gasteiger partial charge is 0.372 e. The van der Waals surface area contributed by atoms with Crippen molar-refractivity contribution in [3.8, 4) is 22.6 Å². The second-order valence-electron chi connectivity index (χ2n) is 11.1. The molecule has 1 heterocycles. The van der Waals surface area contributed by atoms with Crippen molar-refractivity contribution >= 4 is 29.4 Å². The molecular weight excluding hydrogens is 479 g/mol. The Kier molecular flexibility index (Phi) is 5.79. The van der Waals surface area contributed by atoms with Gasteiger partial charge in [-0.05, 0) is 82.3 Å². The van der Waals surface area contributed by atoms with E-state index >= 15 is 0 Å². The summed E-state index contributed by atoms with van der Waals surface area (Å²) >= 11 is 0. The molecule has 0 N–H and O–H groups in total. The molecule has 1 aliphatic heterocycles. The standard InChI is InChI=1S/C32H33O4P/c33-37(34)35-31-27(21-11-3-1-4-12-21)19-23-15-7-9-17-25(23)29(31)30-26-18-10-8-16-24(26)20-28(32(30)36-37)22-13-5-2-6-14-22/h7-10,15-22H,1-6,11-14H2,(H,33,34)/p-1. The van der Waals surface area contributed by atoms with Crippen molar-refractivity contribution in [2.45, 2.75) is 76.0 Å². The third-order valence-electron chi connectivity index (χ3n) is 8.81. The Morgan fingerprint density at radius 3 is 1.46 bits per heavy atom. The lowest BCUT2D eigenvalue weighted by molar-refractivity contribution is -0.208. The molecule has 3 aliphatic rings. The number of phosphoric ester groups is 1. The zero-order chi connectivity index (χ0) is 25.0. The highest BCUT2D eigenvalue weighted by atomic mass is 31.2. The summed E-state index contributed by atoms with van der Waals surface area (Å²) in [4.78, 5) is 13.5. The second-order valence-corrected chi connectivity index (χ2v) is 12.3. The molecular formula is C32H32O4P-. The highest BCUT2D eigenvalue weighted by molar-refractivity contribution is 7.46. The van der Waals surface area contributed by atoms with Gasteiger partial charge in [0.15, 0.2) is 0 Å². The Morgan fingerprint density at radius 2 is 1.03 bits per heavy atom. The summed E-state index contributed by atoms with van der Waals surface area (Å²) in [6.07, 6.45) is 11.3. The van der Waals surface area contributed by atoms with Gasteiger partial charge < -0.3 is 13.9 Å². The van der Waals surface area contributed by atoms with Gasteiger partial charge in [0.1, 0.15) is 11.5 Å². The summed E-state index contributed by atoms with van der Waals surface area (Å²) in [5, 5.41) is 4.25. The van der Waals surface area contributed by atoms with Crippen molar-refractivity contribution < 1.29 is 18.5 Å². The van der Waals surface area contributed by atoms with Crippen LogP contribution >= 0.6 is 7.82 Å². The van der Waals surface area contributed by atoms with Gasteiger partial charge in [-0.3, -0.25) is 0 Å². The van der Waals surface area contributed by atoms with Crippen LogP contribution in [0.4, 0.5) is 0 Å². The van der Waals surface area contributed by atoms with Crippen LogP contribution in [-0.2, 0) is 4.57 Å². The van der Waals surface area contributed by atoms with E-state index in [1.54, 1.807) is 0 Å². The fraction of sp³-hybridized carbons (Fsp3) is 0.375. The molecule has 7 rings (SSSR count). The van der Waals surface area contributed by atoms with Gasteiger partial charge >= 0.3 is 7.82 Å². The molecule has 190 valence electrons. The van der Waals surface area contributed by atoms with Gasteiger partial charge in [0, 0.05) is 11.1 Å². The van der Waals surface area contributed by atoms with E-state index in [4.69, 9.17) is 9.05 Å². The van der Waals surface area contributed by atoms with Gasteiger partial charge in [0.05, 0.1) is 0 Å². The maximum atomic E-state index is 13.5. The lowest BCUT2D eigenvalue weighted by Crippen LogP contribution is -2.15. The minimum atomic E-state index is -4.66. The van der Waals surface area contributed by atoms with E-state index in [1.807, 2.05) is 12.1 Å². The molecule has 4 nitrogen and oxygen atoms in total. The van der Waals surface area contributed by atoms with Crippen LogP contribution in [0, 0.1) is 0 Å². The molecule has 0 radical (unpaired) electrons. The lowest BCUT2D eigenvalue weighted by Gasteiger charge is -2.29. The molecule has 2 aliphatic carbocycles. The molecule has 5 heteroatoms. The average Bonchev–Trinajstić information content (AvgIpc) is 3.06. The maximum absolute atomic E-state index is 13.5. The first kappa shape index (κ1) is 23.3. The molecule has 0 spiro atoms. The highest BCUT2D eigenvalue weighted by Gasteiger charge is 2.35. The van der Waals surface area contributed by atoms with Crippen molar-refractivity contribution in [1.82, 2.24) is 0 Å².